The van der Waals surface area contributed by atoms with E-state index in [1.165, 1.54) is 6.42 Å². The first-order valence-corrected chi connectivity index (χ1v) is 5.94. The molecule has 0 rings (SSSR count). The summed E-state index contributed by atoms with van der Waals surface area (Å²) in [4.78, 5) is 0. The van der Waals surface area contributed by atoms with Crippen molar-refractivity contribution in [3.05, 3.63) is 0 Å². The van der Waals surface area contributed by atoms with Gasteiger partial charge in [0.25, 0.3) is 0 Å². The Bertz CT molecular complexity index is 122. The normalized spacial score (nSPS) is 12.4. The average molecular weight is 201 g/mol. The van der Waals surface area contributed by atoms with Gasteiger partial charge in [-0.2, -0.15) is 0 Å². The lowest BCUT2D eigenvalue weighted by Crippen LogP contribution is -2.39. The monoisotopic (exact) mass is 201 g/mol. The Hall–Kier alpha value is -0.0800. The molecule has 0 fully saturated rings. The summed E-state index contributed by atoms with van der Waals surface area (Å²) in [5.74, 6) is 0.772. The highest BCUT2D eigenvalue weighted by molar-refractivity contribution is 4.78. The second-order valence-electron chi connectivity index (χ2n) is 4.48. The Morgan fingerprint density at radius 2 is 1.79 bits per heavy atom. The highest BCUT2D eigenvalue weighted by atomic mass is 16.5. The Kier molecular flexibility index (Phi) is 7.20. The van der Waals surface area contributed by atoms with E-state index >= 15 is 0 Å². The predicted octanol–water partition coefficient (Wildman–Crippen LogP) is 2.96. The fraction of sp³-hybridized carbons (Fsp3) is 1.00. The van der Waals surface area contributed by atoms with E-state index in [0.717, 1.165) is 31.8 Å². The van der Waals surface area contributed by atoms with Crippen LogP contribution in [0.25, 0.3) is 0 Å². The molecule has 0 spiro atoms. The highest BCUT2D eigenvalue weighted by Crippen LogP contribution is 2.19. The molecule has 0 atom stereocenters. The van der Waals surface area contributed by atoms with Crippen LogP contribution in [0.5, 0.6) is 0 Å². The molecule has 2 heteroatoms. The maximum atomic E-state index is 5.90. The first-order chi connectivity index (χ1) is 6.60. The molecule has 0 aliphatic carbocycles. The molecule has 0 bridgehead atoms. The van der Waals surface area contributed by atoms with Crippen LogP contribution in [0.15, 0.2) is 0 Å². The SMILES string of the molecule is CCC(CC)(CN)OCCCC(C)C. The molecular weight excluding hydrogens is 174 g/mol. The van der Waals surface area contributed by atoms with Crippen molar-refractivity contribution in [1.29, 1.82) is 0 Å². The van der Waals surface area contributed by atoms with Gasteiger partial charge >= 0.3 is 0 Å². The van der Waals surface area contributed by atoms with Gasteiger partial charge in [-0.05, 0) is 31.6 Å². The van der Waals surface area contributed by atoms with E-state index in [4.69, 9.17) is 10.5 Å². The minimum atomic E-state index is -0.0586. The van der Waals surface area contributed by atoms with Gasteiger partial charge in [0, 0.05) is 13.2 Å². The zero-order valence-electron chi connectivity index (χ0n) is 10.3. The standard InChI is InChI=1S/C12H27NO/c1-5-12(6-2,10-13)14-9-7-8-11(3)4/h11H,5-10,13H2,1-4H3. The zero-order chi connectivity index (χ0) is 11.0. The topological polar surface area (TPSA) is 35.2 Å². The maximum Gasteiger partial charge on any atom is 0.0798 e. The first kappa shape index (κ1) is 13.9. The van der Waals surface area contributed by atoms with Gasteiger partial charge in [-0.3, -0.25) is 0 Å². The largest absolute Gasteiger partial charge is 0.374 e. The zero-order valence-corrected chi connectivity index (χ0v) is 10.3. The molecule has 86 valence electrons. The van der Waals surface area contributed by atoms with E-state index in [9.17, 15) is 0 Å². The highest BCUT2D eigenvalue weighted by Gasteiger charge is 2.24. The summed E-state index contributed by atoms with van der Waals surface area (Å²) in [6.07, 6.45) is 4.43. The van der Waals surface area contributed by atoms with Crippen LogP contribution in [0.1, 0.15) is 53.4 Å². The van der Waals surface area contributed by atoms with Gasteiger partial charge in [-0.1, -0.05) is 27.7 Å². The smallest absolute Gasteiger partial charge is 0.0798 e. The van der Waals surface area contributed by atoms with Crippen LogP contribution in [0.4, 0.5) is 0 Å². The van der Waals surface area contributed by atoms with Gasteiger partial charge < -0.3 is 10.5 Å². The third-order valence-corrected chi connectivity index (χ3v) is 2.99. The first-order valence-electron chi connectivity index (χ1n) is 5.94. The van der Waals surface area contributed by atoms with Crippen molar-refractivity contribution >= 4 is 0 Å². The van der Waals surface area contributed by atoms with E-state index in [-0.39, 0.29) is 5.60 Å². The lowest BCUT2D eigenvalue weighted by molar-refractivity contribution is -0.0463. The predicted molar refractivity (Wildman–Crippen MR) is 62.4 cm³/mol. The fourth-order valence-electron chi connectivity index (χ4n) is 1.58. The molecule has 0 aromatic rings. The fourth-order valence-corrected chi connectivity index (χ4v) is 1.58. The van der Waals surface area contributed by atoms with Crippen molar-refractivity contribution in [2.45, 2.75) is 59.0 Å². The summed E-state index contributed by atoms with van der Waals surface area (Å²) in [6.45, 7) is 10.3. The second-order valence-corrected chi connectivity index (χ2v) is 4.48. The number of nitrogens with two attached hydrogens (primary N) is 1. The van der Waals surface area contributed by atoms with Gasteiger partial charge in [0.2, 0.25) is 0 Å². The van der Waals surface area contributed by atoms with Crippen LogP contribution in [-0.2, 0) is 4.74 Å². The van der Waals surface area contributed by atoms with E-state index in [0.29, 0.717) is 6.54 Å². The van der Waals surface area contributed by atoms with Gasteiger partial charge in [-0.15, -0.1) is 0 Å². The summed E-state index contributed by atoms with van der Waals surface area (Å²) in [5.41, 5.74) is 5.69. The lowest BCUT2D eigenvalue weighted by atomic mass is 9.97. The molecule has 0 amide bonds. The molecule has 0 saturated carbocycles. The molecule has 0 aliphatic rings. The molecular formula is C12H27NO. The van der Waals surface area contributed by atoms with Crippen LogP contribution in [-0.4, -0.2) is 18.8 Å². The van der Waals surface area contributed by atoms with Gasteiger partial charge in [0.1, 0.15) is 0 Å². The molecule has 0 aromatic heterocycles. The van der Waals surface area contributed by atoms with E-state index < -0.39 is 0 Å². The van der Waals surface area contributed by atoms with Crippen LogP contribution in [0.3, 0.4) is 0 Å². The summed E-state index contributed by atoms with van der Waals surface area (Å²) in [5, 5.41) is 0. The molecule has 2 nitrogen and oxygen atoms in total. The van der Waals surface area contributed by atoms with Crippen molar-refractivity contribution in [3.63, 3.8) is 0 Å². The van der Waals surface area contributed by atoms with Crippen LogP contribution >= 0.6 is 0 Å². The average Bonchev–Trinajstić information content (AvgIpc) is 2.19. The Morgan fingerprint density at radius 1 is 1.21 bits per heavy atom. The van der Waals surface area contributed by atoms with Gasteiger partial charge in [0.15, 0.2) is 0 Å². The molecule has 2 N–H and O–H groups in total. The van der Waals surface area contributed by atoms with E-state index in [1.807, 2.05) is 0 Å². The van der Waals surface area contributed by atoms with Crippen molar-refractivity contribution in [2.75, 3.05) is 13.2 Å². The van der Waals surface area contributed by atoms with Gasteiger partial charge in [0.05, 0.1) is 5.60 Å². The quantitative estimate of drug-likeness (QED) is 0.613. The Balaban J connectivity index is 3.71. The Labute approximate surface area is 89.2 Å². The van der Waals surface area contributed by atoms with E-state index in [2.05, 4.69) is 27.7 Å². The molecule has 0 aromatic carbocycles. The number of ether oxygens (including phenoxy) is 1. The van der Waals surface area contributed by atoms with E-state index in [1.54, 1.807) is 0 Å². The third-order valence-electron chi connectivity index (χ3n) is 2.99. The molecule has 0 aliphatic heterocycles. The summed E-state index contributed by atoms with van der Waals surface area (Å²) >= 11 is 0. The van der Waals surface area contributed by atoms with Gasteiger partial charge in [-0.25, -0.2) is 0 Å². The number of rotatable bonds is 8. The molecule has 0 unspecified atom stereocenters. The minimum Gasteiger partial charge on any atom is -0.374 e. The minimum absolute atomic E-state index is 0.0586. The second kappa shape index (κ2) is 7.24. The van der Waals surface area contributed by atoms with Crippen LogP contribution in [0.2, 0.25) is 0 Å². The molecule has 14 heavy (non-hydrogen) atoms. The lowest BCUT2D eigenvalue weighted by Gasteiger charge is -2.30. The maximum absolute atomic E-state index is 5.90. The number of hydrogen-bond donors (Lipinski definition) is 1. The molecule has 0 saturated heterocycles. The molecule has 0 heterocycles. The number of hydrogen-bond acceptors (Lipinski definition) is 2. The summed E-state index contributed by atoms with van der Waals surface area (Å²) in [6, 6.07) is 0. The van der Waals surface area contributed by atoms with Crippen LogP contribution < -0.4 is 5.73 Å². The third kappa shape index (κ3) is 4.97. The van der Waals surface area contributed by atoms with Crippen molar-refractivity contribution < 1.29 is 4.74 Å². The summed E-state index contributed by atoms with van der Waals surface area (Å²) in [7, 11) is 0. The Morgan fingerprint density at radius 3 is 2.14 bits per heavy atom. The van der Waals surface area contributed by atoms with Crippen molar-refractivity contribution in [1.82, 2.24) is 0 Å². The summed E-state index contributed by atoms with van der Waals surface area (Å²) < 4.78 is 5.90. The van der Waals surface area contributed by atoms with Crippen molar-refractivity contribution in [3.8, 4) is 0 Å². The van der Waals surface area contributed by atoms with Crippen LogP contribution in [0, 0.1) is 5.92 Å². The molecule has 0 radical (unpaired) electrons. The van der Waals surface area contributed by atoms with Crippen molar-refractivity contribution in [2.24, 2.45) is 11.7 Å².